The van der Waals surface area contributed by atoms with Crippen LogP contribution in [-0.4, -0.2) is 30.8 Å². The number of imidazole rings is 1. The molecule has 0 bridgehead atoms. The van der Waals surface area contributed by atoms with Gasteiger partial charge in [0.1, 0.15) is 35.5 Å². The molecule has 0 amide bonds. The summed E-state index contributed by atoms with van der Waals surface area (Å²) in [6.07, 6.45) is 0.152. The number of nitrogens with zero attached hydrogens (tertiary/aromatic N) is 4. The molecule has 0 saturated heterocycles. The van der Waals surface area contributed by atoms with Crippen molar-refractivity contribution < 1.29 is 27.9 Å². The van der Waals surface area contributed by atoms with Crippen molar-refractivity contribution in [1.82, 2.24) is 19.7 Å². The van der Waals surface area contributed by atoms with Crippen molar-refractivity contribution in [3.8, 4) is 17.1 Å². The normalized spacial score (nSPS) is 11.3. The molecule has 0 fully saturated rings. The molecule has 0 atom stereocenters. The number of hydrogen-bond donors (Lipinski definition) is 1. The van der Waals surface area contributed by atoms with Crippen LogP contribution in [0.1, 0.15) is 44.3 Å². The molecule has 0 aliphatic rings. The summed E-state index contributed by atoms with van der Waals surface area (Å²) in [6, 6.07) is 21.4. The quantitative estimate of drug-likeness (QED) is 0.198. The van der Waals surface area contributed by atoms with Gasteiger partial charge in [-0.25, -0.2) is 23.5 Å². The van der Waals surface area contributed by atoms with Crippen molar-refractivity contribution in [3.63, 3.8) is 0 Å². The highest BCUT2D eigenvalue weighted by Gasteiger charge is 2.18. The first kappa shape index (κ1) is 27.8. The van der Waals surface area contributed by atoms with Crippen LogP contribution in [0.25, 0.3) is 22.3 Å². The molecule has 6 aromatic rings. The zero-order valence-corrected chi connectivity index (χ0v) is 23.3. The van der Waals surface area contributed by atoms with Crippen molar-refractivity contribution in [2.75, 3.05) is 0 Å². The molecule has 0 radical (unpaired) electrons. The summed E-state index contributed by atoms with van der Waals surface area (Å²) in [5.74, 6) is -0.379. The minimum atomic E-state index is -1.06. The summed E-state index contributed by atoms with van der Waals surface area (Å²) in [5.41, 5.74) is 4.62. The molecular weight excluding hydrogens is 554 g/mol. The van der Waals surface area contributed by atoms with E-state index in [0.29, 0.717) is 56.6 Å². The SMILES string of the molecule is Cc1ccc(COc2cccc(-c3ccc(Cc4nc5ccc(C(=O)O)cc5n4Cc4cc(C)on4)c(F)c3)n2)c(F)c1. The molecule has 0 saturated carbocycles. The average molecular weight is 581 g/mol. The van der Waals surface area contributed by atoms with Gasteiger partial charge in [-0.15, -0.1) is 0 Å². The first-order valence-electron chi connectivity index (χ1n) is 13.5. The maximum absolute atomic E-state index is 15.5. The van der Waals surface area contributed by atoms with Crippen molar-refractivity contribution in [1.29, 1.82) is 0 Å². The second-order valence-electron chi connectivity index (χ2n) is 10.3. The lowest BCUT2D eigenvalue weighted by Crippen LogP contribution is -2.07. The number of hydrogen-bond acceptors (Lipinski definition) is 6. The van der Waals surface area contributed by atoms with Crippen molar-refractivity contribution >= 4 is 17.0 Å². The highest BCUT2D eigenvalue weighted by atomic mass is 19.1. The van der Waals surface area contributed by atoms with E-state index < -0.39 is 11.8 Å². The molecule has 1 N–H and O–H groups in total. The molecule has 216 valence electrons. The Kier molecular flexibility index (Phi) is 7.41. The molecule has 0 unspecified atom stereocenters. The molecule has 43 heavy (non-hydrogen) atoms. The fraction of sp³-hybridized carbons (Fsp3) is 0.152. The fourth-order valence-electron chi connectivity index (χ4n) is 4.87. The summed E-state index contributed by atoms with van der Waals surface area (Å²) in [4.78, 5) is 20.8. The minimum Gasteiger partial charge on any atom is -0.478 e. The molecule has 3 aromatic carbocycles. The number of carbonyl (C=O) groups is 1. The first-order valence-corrected chi connectivity index (χ1v) is 13.5. The van der Waals surface area contributed by atoms with Crippen LogP contribution in [-0.2, 0) is 19.6 Å². The summed E-state index contributed by atoms with van der Waals surface area (Å²) in [5, 5.41) is 13.6. The summed E-state index contributed by atoms with van der Waals surface area (Å²) in [7, 11) is 0. The number of aromatic nitrogens is 4. The standard InChI is InChI=1S/C33H26F2N4O4/c1-19-6-7-24(26(34)12-19)18-42-32-5-3-4-28(37-32)22-9-8-21(27(35)14-22)16-31-36-29-11-10-23(33(40)41)15-30(29)39(31)17-25-13-20(2)43-38-25/h3-15H,16-18H2,1-2H3,(H,40,41). The van der Waals surface area contributed by atoms with Gasteiger partial charge in [-0.2, -0.15) is 0 Å². The number of ether oxygens (including phenoxy) is 1. The maximum Gasteiger partial charge on any atom is 0.335 e. The van der Waals surface area contributed by atoms with Gasteiger partial charge in [-0.3, -0.25) is 0 Å². The molecular formula is C33H26F2N4O4. The van der Waals surface area contributed by atoms with Gasteiger partial charge in [-0.05, 0) is 61.4 Å². The predicted octanol–water partition coefficient (Wildman–Crippen LogP) is 6.90. The van der Waals surface area contributed by atoms with Crippen LogP contribution < -0.4 is 4.74 Å². The Balaban J connectivity index is 1.26. The third kappa shape index (κ3) is 5.99. The van der Waals surface area contributed by atoms with Crippen LogP contribution in [0.5, 0.6) is 5.88 Å². The number of aromatic carboxylic acids is 1. The Morgan fingerprint density at radius 3 is 2.49 bits per heavy atom. The molecule has 6 rings (SSSR count). The summed E-state index contributed by atoms with van der Waals surface area (Å²) < 4.78 is 42.5. The van der Waals surface area contributed by atoms with Crippen LogP contribution in [0.2, 0.25) is 0 Å². The maximum atomic E-state index is 15.5. The van der Waals surface area contributed by atoms with Gasteiger partial charge in [0.2, 0.25) is 5.88 Å². The molecule has 0 spiro atoms. The lowest BCUT2D eigenvalue weighted by Gasteiger charge is -2.11. The van der Waals surface area contributed by atoms with Crippen LogP contribution in [0.3, 0.4) is 0 Å². The van der Waals surface area contributed by atoms with Gasteiger partial charge in [0.05, 0.1) is 28.8 Å². The number of carboxylic acid groups (broad SMARTS) is 1. The van der Waals surface area contributed by atoms with E-state index >= 15 is 4.39 Å². The average Bonchev–Trinajstić information content (AvgIpc) is 3.55. The van der Waals surface area contributed by atoms with Crippen molar-refractivity contribution in [2.24, 2.45) is 0 Å². The Morgan fingerprint density at radius 2 is 1.74 bits per heavy atom. The van der Waals surface area contributed by atoms with Gasteiger partial charge in [0.25, 0.3) is 0 Å². The number of rotatable bonds is 9. The predicted molar refractivity (Wildman–Crippen MR) is 155 cm³/mol. The first-order chi connectivity index (χ1) is 20.7. The van der Waals surface area contributed by atoms with Crippen LogP contribution in [0.15, 0.2) is 83.4 Å². The number of pyridine rings is 1. The zero-order chi connectivity index (χ0) is 30.1. The van der Waals surface area contributed by atoms with Gasteiger partial charge >= 0.3 is 5.97 Å². The Labute approximate surface area is 245 Å². The van der Waals surface area contributed by atoms with E-state index in [4.69, 9.17) is 14.2 Å². The highest BCUT2D eigenvalue weighted by Crippen LogP contribution is 2.26. The largest absolute Gasteiger partial charge is 0.478 e. The van der Waals surface area contributed by atoms with Crippen LogP contribution >= 0.6 is 0 Å². The van der Waals surface area contributed by atoms with E-state index in [1.165, 1.54) is 18.2 Å². The third-order valence-electron chi connectivity index (χ3n) is 7.08. The van der Waals surface area contributed by atoms with E-state index in [1.807, 2.05) is 17.6 Å². The van der Waals surface area contributed by atoms with Crippen molar-refractivity contribution in [2.45, 2.75) is 33.4 Å². The number of aryl methyl sites for hydroxylation is 2. The van der Waals surface area contributed by atoms with Gasteiger partial charge in [0.15, 0.2) is 0 Å². The second-order valence-corrected chi connectivity index (χ2v) is 10.3. The Hall–Kier alpha value is -5.38. The van der Waals surface area contributed by atoms with Gasteiger partial charge in [0, 0.05) is 29.7 Å². The molecule has 0 aliphatic carbocycles. The van der Waals surface area contributed by atoms with Crippen LogP contribution in [0.4, 0.5) is 8.78 Å². The van der Waals surface area contributed by atoms with Gasteiger partial charge < -0.3 is 18.9 Å². The number of carboxylic acids is 1. The van der Waals surface area contributed by atoms with E-state index in [2.05, 4.69) is 10.1 Å². The van der Waals surface area contributed by atoms with E-state index in [1.54, 1.807) is 61.5 Å². The van der Waals surface area contributed by atoms with E-state index in [9.17, 15) is 14.3 Å². The molecule has 3 heterocycles. The molecule has 10 heteroatoms. The zero-order valence-electron chi connectivity index (χ0n) is 23.3. The summed E-state index contributed by atoms with van der Waals surface area (Å²) in [6.45, 7) is 3.88. The van der Waals surface area contributed by atoms with Gasteiger partial charge in [-0.1, -0.05) is 35.5 Å². The smallest absolute Gasteiger partial charge is 0.335 e. The number of halogens is 2. The number of fused-ring (bicyclic) bond motifs is 1. The third-order valence-corrected chi connectivity index (χ3v) is 7.08. The molecule has 3 aromatic heterocycles. The second kappa shape index (κ2) is 11.5. The topological polar surface area (TPSA) is 103 Å². The van der Waals surface area contributed by atoms with Crippen molar-refractivity contribution in [3.05, 3.63) is 130 Å². The lowest BCUT2D eigenvalue weighted by atomic mass is 10.1. The number of benzene rings is 3. The minimum absolute atomic E-state index is 0.0126. The highest BCUT2D eigenvalue weighted by molar-refractivity contribution is 5.92. The molecule has 8 nitrogen and oxygen atoms in total. The fourth-order valence-corrected chi connectivity index (χ4v) is 4.87. The Morgan fingerprint density at radius 1 is 0.930 bits per heavy atom. The lowest BCUT2D eigenvalue weighted by molar-refractivity contribution is 0.0697. The Bertz CT molecular complexity index is 1980. The van der Waals surface area contributed by atoms with E-state index in [0.717, 1.165) is 5.56 Å². The summed E-state index contributed by atoms with van der Waals surface area (Å²) >= 11 is 0. The monoisotopic (exact) mass is 580 g/mol. The molecule has 0 aliphatic heterocycles. The van der Waals surface area contributed by atoms with Crippen LogP contribution in [0, 0.1) is 25.5 Å². The van der Waals surface area contributed by atoms with E-state index in [-0.39, 0.29) is 31.0 Å².